The number of anilines is 1. The van der Waals surface area contributed by atoms with Crippen molar-refractivity contribution in [1.29, 1.82) is 0 Å². The van der Waals surface area contributed by atoms with Crippen molar-refractivity contribution in [3.63, 3.8) is 0 Å². The molecule has 1 aliphatic carbocycles. The topological polar surface area (TPSA) is 32.7 Å². The predicted octanol–water partition coefficient (Wildman–Crippen LogP) is 4.97. The van der Waals surface area contributed by atoms with Crippen LogP contribution >= 0.6 is 23.4 Å². The highest BCUT2D eigenvalue weighted by Crippen LogP contribution is 2.30. The molecule has 1 atom stereocenters. The monoisotopic (exact) mass is 370 g/mol. The Morgan fingerprint density at radius 1 is 1.16 bits per heavy atom. The van der Waals surface area contributed by atoms with E-state index in [2.05, 4.69) is 24.0 Å². The van der Waals surface area contributed by atoms with Crippen LogP contribution in [0.1, 0.15) is 34.8 Å². The molecule has 4 rings (SSSR count). The first-order valence-corrected chi connectivity index (χ1v) is 9.90. The molecule has 5 heteroatoms. The number of rotatable bonds is 2. The summed E-state index contributed by atoms with van der Waals surface area (Å²) in [6, 6.07) is 13.7. The smallest absolute Gasteiger partial charge is 0.264 e. The number of halogens is 1. The van der Waals surface area contributed by atoms with Gasteiger partial charge in [0, 0.05) is 16.3 Å². The van der Waals surface area contributed by atoms with Crippen molar-refractivity contribution in [2.75, 3.05) is 10.7 Å². The molecule has 0 N–H and O–H groups in total. The standard InChI is InChI=1S/C20H19ClN2OS/c1-13-12-25-20(22-13)23(18-9-7-17(21)8-10-18)19(24)16-6-5-14-3-2-4-15(14)11-16/h5-11,13H,2-4,12H2,1H3/t13-/m0/s1. The van der Waals surface area contributed by atoms with Crippen LogP contribution in [-0.2, 0) is 12.8 Å². The number of hydrogen-bond acceptors (Lipinski definition) is 3. The number of hydrogen-bond donors (Lipinski definition) is 0. The zero-order valence-corrected chi connectivity index (χ0v) is 15.6. The molecule has 0 aromatic heterocycles. The fourth-order valence-corrected chi connectivity index (χ4v) is 4.48. The second kappa shape index (κ2) is 6.85. The Morgan fingerprint density at radius 2 is 1.92 bits per heavy atom. The lowest BCUT2D eigenvalue weighted by molar-refractivity contribution is 0.100. The second-order valence-corrected chi connectivity index (χ2v) is 7.95. The van der Waals surface area contributed by atoms with Crippen molar-refractivity contribution in [1.82, 2.24) is 0 Å². The van der Waals surface area contributed by atoms with E-state index < -0.39 is 0 Å². The summed E-state index contributed by atoms with van der Waals surface area (Å²) < 4.78 is 0. The maximum Gasteiger partial charge on any atom is 0.264 e. The predicted molar refractivity (Wildman–Crippen MR) is 106 cm³/mol. The lowest BCUT2D eigenvalue weighted by Crippen LogP contribution is -2.34. The van der Waals surface area contributed by atoms with Gasteiger partial charge in [-0.15, -0.1) is 0 Å². The lowest BCUT2D eigenvalue weighted by atomic mass is 10.1. The zero-order valence-electron chi connectivity index (χ0n) is 14.0. The largest absolute Gasteiger partial charge is 0.268 e. The Balaban J connectivity index is 1.73. The van der Waals surface area contributed by atoms with E-state index in [1.807, 2.05) is 30.3 Å². The Kier molecular flexibility index (Phi) is 4.57. The maximum absolute atomic E-state index is 13.3. The fraction of sp³-hybridized carbons (Fsp3) is 0.300. The minimum atomic E-state index is -0.0302. The summed E-state index contributed by atoms with van der Waals surface area (Å²) in [5, 5.41) is 1.42. The summed E-state index contributed by atoms with van der Waals surface area (Å²) >= 11 is 7.65. The molecule has 0 spiro atoms. The van der Waals surface area contributed by atoms with Gasteiger partial charge >= 0.3 is 0 Å². The first-order chi connectivity index (χ1) is 12.1. The van der Waals surface area contributed by atoms with Crippen molar-refractivity contribution in [3.05, 3.63) is 64.2 Å². The number of carbonyl (C=O) groups excluding carboxylic acids is 1. The summed E-state index contributed by atoms with van der Waals surface area (Å²) in [5.41, 5.74) is 4.20. The molecule has 0 unspecified atom stereocenters. The van der Waals surface area contributed by atoms with Gasteiger partial charge in [-0.1, -0.05) is 29.4 Å². The minimum absolute atomic E-state index is 0.0302. The lowest BCUT2D eigenvalue weighted by Gasteiger charge is -2.22. The van der Waals surface area contributed by atoms with Crippen LogP contribution in [-0.4, -0.2) is 22.9 Å². The number of amides is 1. The first-order valence-electron chi connectivity index (χ1n) is 8.54. The molecular weight excluding hydrogens is 352 g/mol. The van der Waals surface area contributed by atoms with E-state index in [1.54, 1.807) is 16.7 Å². The van der Waals surface area contributed by atoms with Gasteiger partial charge < -0.3 is 0 Å². The second-order valence-electron chi connectivity index (χ2n) is 6.53. The van der Waals surface area contributed by atoms with Gasteiger partial charge in [0.05, 0.1) is 11.7 Å². The maximum atomic E-state index is 13.3. The van der Waals surface area contributed by atoms with Crippen LogP contribution in [0.5, 0.6) is 0 Å². The van der Waals surface area contributed by atoms with Gasteiger partial charge in [-0.25, -0.2) is 0 Å². The Morgan fingerprint density at radius 3 is 2.64 bits per heavy atom. The van der Waals surface area contributed by atoms with Gasteiger partial charge in [-0.3, -0.25) is 14.7 Å². The molecule has 0 saturated heterocycles. The van der Waals surface area contributed by atoms with Gasteiger partial charge in [-0.2, -0.15) is 0 Å². The number of benzene rings is 2. The third-order valence-electron chi connectivity index (χ3n) is 4.61. The molecule has 1 heterocycles. The number of aryl methyl sites for hydroxylation is 2. The number of nitrogens with zero attached hydrogens (tertiary/aromatic N) is 2. The molecule has 1 aliphatic heterocycles. The zero-order chi connectivity index (χ0) is 17.4. The van der Waals surface area contributed by atoms with E-state index in [4.69, 9.17) is 11.6 Å². The molecule has 25 heavy (non-hydrogen) atoms. The molecule has 1 amide bonds. The van der Waals surface area contributed by atoms with Crippen molar-refractivity contribution in [3.8, 4) is 0 Å². The molecule has 2 aromatic rings. The fourth-order valence-electron chi connectivity index (χ4n) is 3.32. The van der Waals surface area contributed by atoms with Gasteiger partial charge in [0.1, 0.15) is 0 Å². The number of fused-ring (bicyclic) bond motifs is 1. The summed E-state index contributed by atoms with van der Waals surface area (Å²) in [4.78, 5) is 19.7. The van der Waals surface area contributed by atoms with E-state index in [-0.39, 0.29) is 11.9 Å². The van der Waals surface area contributed by atoms with Gasteiger partial charge in [0.2, 0.25) is 0 Å². The van der Waals surface area contributed by atoms with E-state index in [9.17, 15) is 4.79 Å². The van der Waals surface area contributed by atoms with E-state index in [0.717, 1.165) is 35.0 Å². The van der Waals surface area contributed by atoms with Crippen LogP contribution in [0, 0.1) is 0 Å². The molecule has 128 valence electrons. The summed E-state index contributed by atoms with van der Waals surface area (Å²) in [6.07, 6.45) is 3.35. The first kappa shape index (κ1) is 16.7. The number of aliphatic imine (C=N–C) groups is 1. The number of carbonyl (C=O) groups is 1. The van der Waals surface area contributed by atoms with Crippen molar-refractivity contribution in [2.24, 2.45) is 4.99 Å². The minimum Gasteiger partial charge on any atom is -0.268 e. The SMILES string of the molecule is C[C@H]1CSC(N(C(=O)c2ccc3c(c2)CCC3)c2ccc(Cl)cc2)=N1. The molecule has 3 nitrogen and oxygen atoms in total. The summed E-state index contributed by atoms with van der Waals surface area (Å²) in [5.74, 6) is 0.869. The highest BCUT2D eigenvalue weighted by molar-refractivity contribution is 8.14. The van der Waals surface area contributed by atoms with Crippen molar-refractivity contribution >= 4 is 40.1 Å². The summed E-state index contributed by atoms with van der Waals surface area (Å²) in [7, 11) is 0. The van der Waals surface area contributed by atoms with Crippen LogP contribution in [0.15, 0.2) is 47.5 Å². The molecular formula is C20H19ClN2OS. The Hall–Kier alpha value is -1.78. The van der Waals surface area contributed by atoms with Crippen LogP contribution in [0.3, 0.4) is 0 Å². The van der Waals surface area contributed by atoms with Gasteiger partial charge in [0.15, 0.2) is 5.17 Å². The van der Waals surface area contributed by atoms with E-state index in [1.165, 1.54) is 17.5 Å². The van der Waals surface area contributed by atoms with E-state index >= 15 is 0 Å². The van der Waals surface area contributed by atoms with Crippen molar-refractivity contribution in [2.45, 2.75) is 32.2 Å². The number of amidine groups is 1. The normalized spacial score (nSPS) is 18.8. The van der Waals surface area contributed by atoms with Gasteiger partial charge in [0.25, 0.3) is 5.91 Å². The molecule has 2 aliphatic rings. The molecule has 0 radical (unpaired) electrons. The highest BCUT2D eigenvalue weighted by Gasteiger charge is 2.28. The molecule has 0 fully saturated rings. The van der Waals surface area contributed by atoms with Crippen LogP contribution in [0.2, 0.25) is 5.02 Å². The van der Waals surface area contributed by atoms with Crippen LogP contribution in [0.4, 0.5) is 5.69 Å². The molecule has 0 saturated carbocycles. The Bertz CT molecular complexity index is 847. The quantitative estimate of drug-likeness (QED) is 0.747. The summed E-state index contributed by atoms with van der Waals surface area (Å²) in [6.45, 7) is 2.07. The molecule has 0 bridgehead atoms. The highest BCUT2D eigenvalue weighted by atomic mass is 35.5. The van der Waals surface area contributed by atoms with Crippen LogP contribution in [0.25, 0.3) is 0 Å². The van der Waals surface area contributed by atoms with Gasteiger partial charge in [-0.05, 0) is 73.7 Å². The van der Waals surface area contributed by atoms with Crippen LogP contribution < -0.4 is 4.90 Å². The average Bonchev–Trinajstić information content (AvgIpc) is 3.25. The van der Waals surface area contributed by atoms with Crippen molar-refractivity contribution < 1.29 is 4.79 Å². The third-order valence-corrected chi connectivity index (χ3v) is 6.06. The molecule has 2 aromatic carbocycles. The third kappa shape index (κ3) is 3.33. The Labute approximate surface area is 157 Å². The van der Waals surface area contributed by atoms with E-state index in [0.29, 0.717) is 5.02 Å². The average molecular weight is 371 g/mol. The number of thioether (sulfide) groups is 1.